The van der Waals surface area contributed by atoms with Crippen LogP contribution in [0.3, 0.4) is 0 Å². The third-order valence-corrected chi connectivity index (χ3v) is 2.92. The van der Waals surface area contributed by atoms with Crippen LogP contribution < -0.4 is 5.73 Å². The fourth-order valence-corrected chi connectivity index (χ4v) is 2.12. The first-order valence-electron chi connectivity index (χ1n) is 5.20. The quantitative estimate of drug-likeness (QED) is 0.376. The molecule has 0 amide bonds. The molecule has 0 saturated carbocycles. The van der Waals surface area contributed by atoms with Gasteiger partial charge in [0.05, 0.1) is 0 Å². The average Bonchev–Trinajstić information content (AvgIpc) is 2.20. The van der Waals surface area contributed by atoms with E-state index >= 15 is 0 Å². The second-order valence-corrected chi connectivity index (χ2v) is 4.76. The highest BCUT2D eigenvalue weighted by Crippen LogP contribution is 2.22. The summed E-state index contributed by atoms with van der Waals surface area (Å²) in [5.41, 5.74) is 5.78. The van der Waals surface area contributed by atoms with Crippen LogP contribution in [0.5, 0.6) is 0 Å². The van der Waals surface area contributed by atoms with Crippen LogP contribution in [-0.2, 0) is 4.74 Å². The van der Waals surface area contributed by atoms with Gasteiger partial charge in [-0.3, -0.25) is 0 Å². The van der Waals surface area contributed by atoms with Gasteiger partial charge in [-0.05, 0) is 24.6 Å². The van der Waals surface area contributed by atoms with Crippen LogP contribution in [0.2, 0.25) is 0 Å². The van der Waals surface area contributed by atoms with E-state index in [1.165, 1.54) is 23.9 Å². The molecular formula is C11H13F4NOS. The molecule has 2 N–H and O–H groups in total. The Morgan fingerprint density at radius 1 is 1.22 bits per heavy atom. The molecule has 0 saturated heterocycles. The molecule has 0 bridgehead atoms. The molecule has 102 valence electrons. The van der Waals surface area contributed by atoms with Gasteiger partial charge in [0.15, 0.2) is 0 Å². The van der Waals surface area contributed by atoms with E-state index in [0.717, 1.165) is 0 Å². The van der Waals surface area contributed by atoms with Crippen molar-refractivity contribution >= 4 is 17.4 Å². The van der Waals surface area contributed by atoms with Crippen molar-refractivity contribution in [3.05, 3.63) is 24.0 Å². The molecule has 1 aromatic rings. The Bertz CT molecular complexity index is 364. The number of ether oxygens (including phenoxy) is 1. The van der Waals surface area contributed by atoms with Crippen LogP contribution >= 0.6 is 11.8 Å². The molecule has 0 atom stereocenters. The Hall–Kier alpha value is -0.950. The highest BCUT2D eigenvalue weighted by atomic mass is 32.2. The van der Waals surface area contributed by atoms with E-state index < -0.39 is 18.6 Å². The number of nitrogens with two attached hydrogens (primary N) is 1. The van der Waals surface area contributed by atoms with E-state index in [0.29, 0.717) is 22.8 Å². The molecule has 0 aliphatic rings. The molecule has 1 aromatic carbocycles. The van der Waals surface area contributed by atoms with E-state index in [4.69, 9.17) is 5.73 Å². The maximum absolute atomic E-state index is 12.9. The number of alkyl halides is 3. The Balaban J connectivity index is 2.18. The summed E-state index contributed by atoms with van der Waals surface area (Å²) in [6, 6.07) is 4.15. The summed E-state index contributed by atoms with van der Waals surface area (Å²) in [5.74, 6) is 0.117. The summed E-state index contributed by atoms with van der Waals surface area (Å²) < 4.78 is 52.6. The molecule has 1 rings (SSSR count). The van der Waals surface area contributed by atoms with Crippen LogP contribution in [0.1, 0.15) is 6.42 Å². The van der Waals surface area contributed by atoms with Gasteiger partial charge in [0.25, 0.3) is 0 Å². The number of anilines is 1. The second kappa shape index (κ2) is 6.84. The lowest BCUT2D eigenvalue weighted by atomic mass is 10.3. The summed E-state index contributed by atoms with van der Waals surface area (Å²) in [6.07, 6.45) is -3.83. The smallest absolute Gasteiger partial charge is 0.399 e. The first kappa shape index (κ1) is 15.1. The molecule has 0 fully saturated rings. The fraction of sp³-hybridized carbons (Fsp3) is 0.455. The minimum absolute atomic E-state index is 0.0251. The highest BCUT2D eigenvalue weighted by molar-refractivity contribution is 7.99. The lowest BCUT2D eigenvalue weighted by Crippen LogP contribution is -2.17. The van der Waals surface area contributed by atoms with Crippen molar-refractivity contribution in [1.29, 1.82) is 0 Å². The number of benzene rings is 1. The van der Waals surface area contributed by atoms with Gasteiger partial charge in [0.1, 0.15) is 12.4 Å². The van der Waals surface area contributed by atoms with Crippen LogP contribution in [0.15, 0.2) is 23.1 Å². The van der Waals surface area contributed by atoms with Crippen LogP contribution in [-0.4, -0.2) is 25.1 Å². The summed E-state index contributed by atoms with van der Waals surface area (Å²) in [5, 5.41) is 0. The SMILES string of the molecule is Nc1cc(F)cc(SCCCOCC(F)(F)F)c1. The summed E-state index contributed by atoms with van der Waals surface area (Å²) in [6.45, 7) is -1.21. The van der Waals surface area contributed by atoms with Gasteiger partial charge in [0.2, 0.25) is 0 Å². The lowest BCUT2D eigenvalue weighted by molar-refractivity contribution is -0.173. The summed E-state index contributed by atoms with van der Waals surface area (Å²) >= 11 is 1.33. The van der Waals surface area contributed by atoms with Crippen LogP contribution in [0.25, 0.3) is 0 Å². The zero-order valence-corrected chi connectivity index (χ0v) is 10.3. The van der Waals surface area contributed by atoms with Gasteiger partial charge < -0.3 is 10.5 Å². The normalized spacial score (nSPS) is 11.8. The Kier molecular flexibility index (Phi) is 5.74. The van der Waals surface area contributed by atoms with Gasteiger partial charge in [-0.25, -0.2) is 4.39 Å². The minimum Gasteiger partial charge on any atom is -0.399 e. The number of hydrogen-bond donors (Lipinski definition) is 1. The third kappa shape index (κ3) is 6.70. The zero-order chi connectivity index (χ0) is 13.6. The molecule has 0 aliphatic carbocycles. The molecule has 0 spiro atoms. The van der Waals surface area contributed by atoms with Crippen molar-refractivity contribution in [1.82, 2.24) is 0 Å². The Labute approximate surface area is 106 Å². The van der Waals surface area contributed by atoms with Crippen molar-refractivity contribution in [3.8, 4) is 0 Å². The van der Waals surface area contributed by atoms with Gasteiger partial charge >= 0.3 is 6.18 Å². The van der Waals surface area contributed by atoms with Crippen molar-refractivity contribution < 1.29 is 22.3 Å². The average molecular weight is 283 g/mol. The van der Waals surface area contributed by atoms with Crippen LogP contribution in [0.4, 0.5) is 23.2 Å². The van der Waals surface area contributed by atoms with Gasteiger partial charge in [0, 0.05) is 22.9 Å². The van der Waals surface area contributed by atoms with Gasteiger partial charge in [-0.1, -0.05) is 0 Å². The molecule has 0 aromatic heterocycles. The molecule has 0 radical (unpaired) electrons. The number of halogens is 4. The predicted molar refractivity (Wildman–Crippen MR) is 63.0 cm³/mol. The lowest BCUT2D eigenvalue weighted by Gasteiger charge is -2.07. The second-order valence-electron chi connectivity index (χ2n) is 3.59. The summed E-state index contributed by atoms with van der Waals surface area (Å²) in [4.78, 5) is 0.656. The van der Waals surface area contributed by atoms with Gasteiger partial charge in [-0.2, -0.15) is 13.2 Å². The summed E-state index contributed by atoms with van der Waals surface area (Å²) in [7, 11) is 0. The number of rotatable bonds is 6. The molecule has 18 heavy (non-hydrogen) atoms. The van der Waals surface area contributed by atoms with Crippen molar-refractivity contribution in [2.75, 3.05) is 24.7 Å². The maximum Gasteiger partial charge on any atom is 0.411 e. The number of nitrogen functional groups attached to an aromatic ring is 1. The topological polar surface area (TPSA) is 35.2 Å². The Morgan fingerprint density at radius 2 is 1.94 bits per heavy atom. The molecule has 0 unspecified atom stereocenters. The third-order valence-electron chi connectivity index (χ3n) is 1.86. The number of thioether (sulfide) groups is 1. The van der Waals surface area contributed by atoms with E-state index in [2.05, 4.69) is 4.74 Å². The standard InChI is InChI=1S/C11H13F4NOS/c12-8-4-9(16)6-10(5-8)18-3-1-2-17-7-11(13,14)15/h4-6H,1-3,7,16H2. The first-order chi connectivity index (χ1) is 8.37. The predicted octanol–water partition coefficient (Wildman–Crippen LogP) is 3.47. The molecule has 7 heteroatoms. The van der Waals surface area contributed by atoms with Crippen molar-refractivity contribution in [2.24, 2.45) is 0 Å². The number of hydrogen-bond acceptors (Lipinski definition) is 3. The zero-order valence-electron chi connectivity index (χ0n) is 9.47. The monoisotopic (exact) mass is 283 g/mol. The maximum atomic E-state index is 12.9. The van der Waals surface area contributed by atoms with Gasteiger partial charge in [-0.15, -0.1) is 11.8 Å². The van der Waals surface area contributed by atoms with Crippen molar-refractivity contribution in [3.63, 3.8) is 0 Å². The van der Waals surface area contributed by atoms with E-state index in [1.54, 1.807) is 6.07 Å². The van der Waals surface area contributed by atoms with Crippen molar-refractivity contribution in [2.45, 2.75) is 17.5 Å². The van der Waals surface area contributed by atoms with E-state index in [9.17, 15) is 17.6 Å². The highest BCUT2D eigenvalue weighted by Gasteiger charge is 2.27. The largest absolute Gasteiger partial charge is 0.411 e. The molecule has 0 heterocycles. The molecule has 0 aliphatic heterocycles. The molecule has 2 nitrogen and oxygen atoms in total. The van der Waals surface area contributed by atoms with E-state index in [1.807, 2.05) is 0 Å². The fourth-order valence-electron chi connectivity index (χ4n) is 1.21. The molecular weight excluding hydrogens is 270 g/mol. The van der Waals surface area contributed by atoms with Crippen LogP contribution in [0, 0.1) is 5.82 Å². The minimum atomic E-state index is -4.29. The first-order valence-corrected chi connectivity index (χ1v) is 6.19. The Morgan fingerprint density at radius 3 is 2.56 bits per heavy atom. The van der Waals surface area contributed by atoms with E-state index in [-0.39, 0.29) is 6.61 Å².